The zero-order valence-corrected chi connectivity index (χ0v) is 15.2. The Bertz CT molecular complexity index is 779. The van der Waals surface area contributed by atoms with Gasteiger partial charge < -0.3 is 9.47 Å². The number of halogens is 3. The number of aryl methyl sites for hydroxylation is 1. The minimum atomic E-state index is -4.44. The van der Waals surface area contributed by atoms with E-state index in [0.29, 0.717) is 26.2 Å². The molecule has 1 fully saturated rings. The molecular weight excluding hydrogens is 357 g/mol. The molecule has 1 saturated heterocycles. The molecule has 146 valence electrons. The Morgan fingerprint density at radius 2 is 1.89 bits per heavy atom. The van der Waals surface area contributed by atoms with Crippen LogP contribution in [0.1, 0.15) is 28.7 Å². The van der Waals surface area contributed by atoms with Crippen molar-refractivity contribution in [1.82, 2.24) is 19.4 Å². The lowest BCUT2D eigenvalue weighted by atomic mass is 10.1. The normalized spacial score (nSPS) is 15.9. The van der Waals surface area contributed by atoms with Crippen LogP contribution in [0, 0.1) is 0 Å². The van der Waals surface area contributed by atoms with Crippen molar-refractivity contribution >= 4 is 5.91 Å². The Morgan fingerprint density at radius 1 is 1.15 bits per heavy atom. The lowest BCUT2D eigenvalue weighted by Crippen LogP contribution is -2.49. The maximum atomic E-state index is 12.8. The molecule has 8 heteroatoms. The second-order valence-electron chi connectivity index (χ2n) is 6.60. The first-order chi connectivity index (χ1) is 12.9. The zero-order chi connectivity index (χ0) is 19.4. The highest BCUT2D eigenvalue weighted by Gasteiger charge is 2.31. The number of alkyl halides is 3. The molecule has 1 aromatic carbocycles. The number of carbonyl (C=O) groups is 1. The molecule has 27 heavy (non-hydrogen) atoms. The number of nitrogens with zero attached hydrogens (tertiary/aromatic N) is 4. The van der Waals surface area contributed by atoms with Gasteiger partial charge in [-0.15, -0.1) is 0 Å². The number of amides is 1. The van der Waals surface area contributed by atoms with Crippen LogP contribution >= 0.6 is 0 Å². The third-order valence-electron chi connectivity index (χ3n) is 4.87. The maximum Gasteiger partial charge on any atom is 0.416 e. The number of carbonyl (C=O) groups excluding carboxylic acids is 1. The van der Waals surface area contributed by atoms with Crippen LogP contribution in [0.5, 0.6) is 0 Å². The fourth-order valence-electron chi connectivity index (χ4n) is 3.29. The molecule has 2 aromatic rings. The van der Waals surface area contributed by atoms with Gasteiger partial charge in [-0.25, -0.2) is 4.98 Å². The summed E-state index contributed by atoms with van der Waals surface area (Å²) in [5, 5.41) is 0. The van der Waals surface area contributed by atoms with Crippen molar-refractivity contribution in [3.63, 3.8) is 0 Å². The van der Waals surface area contributed by atoms with E-state index in [0.717, 1.165) is 37.5 Å². The third kappa shape index (κ3) is 4.68. The van der Waals surface area contributed by atoms with Gasteiger partial charge in [-0.2, -0.15) is 13.2 Å². The smallest absolute Gasteiger partial charge is 0.336 e. The summed E-state index contributed by atoms with van der Waals surface area (Å²) in [6.45, 7) is 6.21. The van der Waals surface area contributed by atoms with Gasteiger partial charge in [0.1, 0.15) is 5.82 Å². The Hall–Kier alpha value is -2.35. The summed E-state index contributed by atoms with van der Waals surface area (Å²) in [6, 6.07) is 4.63. The number of aromatic nitrogens is 2. The number of benzene rings is 1. The highest BCUT2D eigenvalue weighted by molar-refractivity contribution is 5.94. The molecule has 0 unspecified atom stereocenters. The quantitative estimate of drug-likeness (QED) is 0.801. The minimum Gasteiger partial charge on any atom is -0.336 e. The summed E-state index contributed by atoms with van der Waals surface area (Å²) in [6.07, 6.45) is 0.197. The fourth-order valence-corrected chi connectivity index (χ4v) is 3.29. The van der Waals surface area contributed by atoms with E-state index >= 15 is 0 Å². The standard InChI is InChI=1S/C19H23F3N4O/c1-2-17-23-6-7-25(17)11-8-24-9-12-26(13-10-24)18(27)15-4-3-5-16(14-15)19(20,21)22/h3-7,14H,2,8-13H2,1H3. The average Bonchev–Trinajstić information content (AvgIpc) is 3.13. The molecule has 0 radical (unpaired) electrons. The summed E-state index contributed by atoms with van der Waals surface area (Å²) >= 11 is 0. The zero-order valence-electron chi connectivity index (χ0n) is 15.2. The average molecular weight is 380 g/mol. The van der Waals surface area contributed by atoms with Gasteiger partial charge in [0.25, 0.3) is 5.91 Å². The number of imidazole rings is 1. The summed E-state index contributed by atoms with van der Waals surface area (Å²) in [4.78, 5) is 20.7. The number of hydrogen-bond donors (Lipinski definition) is 0. The van der Waals surface area contributed by atoms with Gasteiger partial charge in [0.2, 0.25) is 0 Å². The van der Waals surface area contributed by atoms with E-state index in [2.05, 4.69) is 21.4 Å². The van der Waals surface area contributed by atoms with Crippen LogP contribution in [0.4, 0.5) is 13.2 Å². The van der Waals surface area contributed by atoms with E-state index in [-0.39, 0.29) is 11.5 Å². The van der Waals surface area contributed by atoms with Gasteiger partial charge in [0, 0.05) is 63.6 Å². The molecule has 0 N–H and O–H groups in total. The molecule has 0 aliphatic carbocycles. The maximum absolute atomic E-state index is 12.8. The first kappa shape index (κ1) is 19.4. The van der Waals surface area contributed by atoms with E-state index in [4.69, 9.17) is 0 Å². The van der Waals surface area contributed by atoms with Crippen molar-refractivity contribution < 1.29 is 18.0 Å². The van der Waals surface area contributed by atoms with Crippen LogP contribution in [0.2, 0.25) is 0 Å². The van der Waals surface area contributed by atoms with Gasteiger partial charge >= 0.3 is 6.18 Å². The lowest BCUT2D eigenvalue weighted by Gasteiger charge is -2.35. The van der Waals surface area contributed by atoms with Crippen molar-refractivity contribution in [2.75, 3.05) is 32.7 Å². The van der Waals surface area contributed by atoms with E-state index < -0.39 is 11.7 Å². The molecule has 5 nitrogen and oxygen atoms in total. The van der Waals surface area contributed by atoms with Crippen molar-refractivity contribution in [1.29, 1.82) is 0 Å². The molecule has 0 spiro atoms. The van der Waals surface area contributed by atoms with Gasteiger partial charge in [-0.05, 0) is 18.2 Å². The topological polar surface area (TPSA) is 41.4 Å². The second-order valence-corrected chi connectivity index (χ2v) is 6.60. The van der Waals surface area contributed by atoms with Crippen LogP contribution in [0.3, 0.4) is 0 Å². The van der Waals surface area contributed by atoms with E-state index in [9.17, 15) is 18.0 Å². The highest BCUT2D eigenvalue weighted by atomic mass is 19.4. The molecule has 0 atom stereocenters. The van der Waals surface area contributed by atoms with Crippen LogP contribution in [-0.4, -0.2) is 58.0 Å². The van der Waals surface area contributed by atoms with Crippen molar-refractivity contribution in [2.45, 2.75) is 26.1 Å². The summed E-state index contributed by atoms with van der Waals surface area (Å²) < 4.78 is 40.7. The predicted octanol–water partition coefficient (Wildman–Crippen LogP) is 2.92. The molecule has 3 rings (SSSR count). The second kappa shape index (κ2) is 8.12. The fraction of sp³-hybridized carbons (Fsp3) is 0.474. The number of hydrogen-bond acceptors (Lipinski definition) is 3. The molecular formula is C19H23F3N4O. The first-order valence-electron chi connectivity index (χ1n) is 9.07. The lowest BCUT2D eigenvalue weighted by molar-refractivity contribution is -0.137. The van der Waals surface area contributed by atoms with Gasteiger partial charge in [-0.1, -0.05) is 13.0 Å². The first-order valence-corrected chi connectivity index (χ1v) is 9.07. The monoisotopic (exact) mass is 380 g/mol. The molecule has 1 amide bonds. The number of piperazine rings is 1. The molecule has 0 saturated carbocycles. The molecule has 1 aliphatic rings. The van der Waals surface area contributed by atoms with E-state index in [1.54, 1.807) is 11.1 Å². The minimum absolute atomic E-state index is 0.0873. The van der Waals surface area contributed by atoms with Crippen LogP contribution in [0.15, 0.2) is 36.7 Å². The van der Waals surface area contributed by atoms with Crippen LogP contribution < -0.4 is 0 Å². The van der Waals surface area contributed by atoms with E-state index in [1.807, 2.05) is 6.20 Å². The molecule has 1 aromatic heterocycles. The summed E-state index contributed by atoms with van der Waals surface area (Å²) in [5.41, 5.74) is -0.705. The largest absolute Gasteiger partial charge is 0.416 e. The third-order valence-corrected chi connectivity index (χ3v) is 4.87. The highest BCUT2D eigenvalue weighted by Crippen LogP contribution is 2.29. The van der Waals surface area contributed by atoms with Crippen molar-refractivity contribution in [3.8, 4) is 0 Å². The van der Waals surface area contributed by atoms with Crippen molar-refractivity contribution in [2.24, 2.45) is 0 Å². The summed E-state index contributed by atoms with van der Waals surface area (Å²) in [7, 11) is 0. The Kier molecular flexibility index (Phi) is 5.84. The van der Waals surface area contributed by atoms with E-state index in [1.165, 1.54) is 12.1 Å². The molecule has 1 aliphatic heterocycles. The summed E-state index contributed by atoms with van der Waals surface area (Å²) in [5.74, 6) is 0.706. The Morgan fingerprint density at radius 3 is 2.56 bits per heavy atom. The van der Waals surface area contributed by atoms with Gasteiger partial charge in [0.15, 0.2) is 0 Å². The van der Waals surface area contributed by atoms with Gasteiger partial charge in [-0.3, -0.25) is 9.69 Å². The van der Waals surface area contributed by atoms with Crippen LogP contribution in [0.25, 0.3) is 0 Å². The Labute approximate surface area is 156 Å². The van der Waals surface area contributed by atoms with Gasteiger partial charge in [0.05, 0.1) is 5.56 Å². The van der Waals surface area contributed by atoms with Crippen molar-refractivity contribution in [3.05, 3.63) is 53.6 Å². The number of rotatable bonds is 5. The molecule has 0 bridgehead atoms. The SMILES string of the molecule is CCc1nccn1CCN1CCN(C(=O)c2cccc(C(F)(F)F)c2)CC1. The van der Waals surface area contributed by atoms with Crippen LogP contribution in [-0.2, 0) is 19.1 Å². The molecule has 2 heterocycles. The predicted molar refractivity (Wildman–Crippen MR) is 95.4 cm³/mol. The Balaban J connectivity index is 1.54.